The van der Waals surface area contributed by atoms with Gasteiger partial charge in [-0.3, -0.25) is 0 Å². The van der Waals surface area contributed by atoms with Gasteiger partial charge in [-0.25, -0.2) is 4.98 Å². The summed E-state index contributed by atoms with van der Waals surface area (Å²) in [6, 6.07) is 0.849. The summed E-state index contributed by atoms with van der Waals surface area (Å²) in [5.41, 5.74) is -1.37. The lowest BCUT2D eigenvalue weighted by Gasteiger charge is -2.26. The summed E-state index contributed by atoms with van der Waals surface area (Å²) in [7, 11) is 1.57. The number of hydrogen-bond acceptors (Lipinski definition) is 4. The molecule has 4 nitrogen and oxygen atoms in total. The maximum Gasteiger partial charge on any atom is 0.417 e. The Morgan fingerprint density at radius 1 is 1.55 bits per heavy atom. The number of anilines is 1. The molecule has 1 aliphatic heterocycles. The third kappa shape index (κ3) is 3.34. The molecule has 2 heterocycles. The molecule has 1 atom stereocenters. The molecule has 0 bridgehead atoms. The predicted octanol–water partition coefficient (Wildman–Crippen LogP) is 2.97. The molecule has 8 heteroatoms. The smallest absolute Gasteiger partial charge is 0.378 e. The lowest BCUT2D eigenvalue weighted by molar-refractivity contribution is -0.137. The Kier molecular flexibility index (Phi) is 4.41. The van der Waals surface area contributed by atoms with Crippen LogP contribution in [0.1, 0.15) is 12.0 Å². The second-order valence-electron chi connectivity index (χ2n) is 4.60. The van der Waals surface area contributed by atoms with Crippen LogP contribution >= 0.6 is 11.6 Å². The average Bonchev–Trinajstić information content (AvgIpc) is 2.85. The van der Waals surface area contributed by atoms with Crippen LogP contribution in [0.3, 0.4) is 0 Å². The SMILES string of the molecule is COC1(CNc2ncc(C(F)(F)F)cc2Cl)CCOC1. The Morgan fingerprint density at radius 3 is 2.80 bits per heavy atom. The van der Waals surface area contributed by atoms with Crippen LogP contribution in [0.25, 0.3) is 0 Å². The van der Waals surface area contributed by atoms with Gasteiger partial charge >= 0.3 is 6.18 Å². The number of methoxy groups -OCH3 is 1. The summed E-state index contributed by atoms with van der Waals surface area (Å²) in [4.78, 5) is 3.71. The van der Waals surface area contributed by atoms with Gasteiger partial charge in [-0.2, -0.15) is 13.2 Å². The van der Waals surface area contributed by atoms with Gasteiger partial charge in [0.1, 0.15) is 11.4 Å². The van der Waals surface area contributed by atoms with Crippen molar-refractivity contribution in [3.63, 3.8) is 0 Å². The molecule has 2 rings (SSSR count). The number of ether oxygens (including phenoxy) is 2. The first kappa shape index (κ1) is 15.3. The largest absolute Gasteiger partial charge is 0.417 e. The molecule has 1 aromatic heterocycles. The van der Waals surface area contributed by atoms with E-state index in [1.165, 1.54) is 0 Å². The second kappa shape index (κ2) is 5.75. The van der Waals surface area contributed by atoms with Crippen molar-refractivity contribution < 1.29 is 22.6 Å². The van der Waals surface area contributed by atoms with E-state index in [1.807, 2.05) is 0 Å². The Hall–Kier alpha value is -1.05. The van der Waals surface area contributed by atoms with Gasteiger partial charge < -0.3 is 14.8 Å². The summed E-state index contributed by atoms with van der Waals surface area (Å²) in [6.07, 6.45) is -3.00. The number of nitrogens with one attached hydrogen (secondary N) is 1. The fourth-order valence-corrected chi connectivity index (χ4v) is 2.16. The Morgan fingerprint density at radius 2 is 2.30 bits per heavy atom. The van der Waals surface area contributed by atoms with Gasteiger partial charge in [-0.05, 0) is 6.07 Å². The fourth-order valence-electron chi connectivity index (χ4n) is 1.93. The van der Waals surface area contributed by atoms with Crippen LogP contribution in [0.2, 0.25) is 5.02 Å². The van der Waals surface area contributed by atoms with Crippen molar-refractivity contribution in [1.29, 1.82) is 0 Å². The minimum absolute atomic E-state index is 0.0787. The summed E-state index contributed by atoms with van der Waals surface area (Å²) in [5.74, 6) is 0.197. The molecule has 0 saturated carbocycles. The van der Waals surface area contributed by atoms with E-state index < -0.39 is 17.3 Å². The van der Waals surface area contributed by atoms with Gasteiger partial charge in [0.05, 0.1) is 17.2 Å². The Balaban J connectivity index is 2.07. The third-order valence-corrected chi connectivity index (χ3v) is 3.53. The predicted molar refractivity (Wildman–Crippen MR) is 67.9 cm³/mol. The molecule has 0 spiro atoms. The standard InChI is InChI=1S/C12H14ClF3N2O2/c1-19-11(2-3-20-7-11)6-18-10-9(13)4-8(5-17-10)12(14,15)16/h4-5H,2-3,6-7H2,1H3,(H,17,18). The highest BCUT2D eigenvalue weighted by Gasteiger charge is 2.35. The molecule has 1 aromatic rings. The van der Waals surface area contributed by atoms with Crippen LogP contribution in [-0.4, -0.2) is 37.5 Å². The monoisotopic (exact) mass is 310 g/mol. The fraction of sp³-hybridized carbons (Fsp3) is 0.583. The minimum Gasteiger partial charge on any atom is -0.378 e. The number of rotatable bonds is 4. The van der Waals surface area contributed by atoms with Crippen LogP contribution < -0.4 is 5.32 Å². The highest BCUT2D eigenvalue weighted by atomic mass is 35.5. The summed E-state index contributed by atoms with van der Waals surface area (Å²) >= 11 is 5.81. The van der Waals surface area contributed by atoms with E-state index in [4.69, 9.17) is 21.1 Å². The number of pyridine rings is 1. The highest BCUT2D eigenvalue weighted by Crippen LogP contribution is 2.32. The molecule has 0 radical (unpaired) electrons. The number of hydrogen-bond donors (Lipinski definition) is 1. The zero-order chi connectivity index (χ0) is 14.8. The maximum absolute atomic E-state index is 12.5. The zero-order valence-corrected chi connectivity index (χ0v) is 11.5. The molecule has 1 saturated heterocycles. The topological polar surface area (TPSA) is 43.4 Å². The number of alkyl halides is 3. The first-order chi connectivity index (χ1) is 9.36. The quantitative estimate of drug-likeness (QED) is 0.928. The Labute approximate surface area is 119 Å². The minimum atomic E-state index is -4.46. The molecule has 1 unspecified atom stereocenters. The van der Waals surface area contributed by atoms with E-state index in [-0.39, 0.29) is 10.8 Å². The molecule has 1 aliphatic rings. The summed E-state index contributed by atoms with van der Waals surface area (Å²) < 4.78 is 48.1. The van der Waals surface area contributed by atoms with Gasteiger partial charge in [0.15, 0.2) is 0 Å². The van der Waals surface area contributed by atoms with Gasteiger partial charge in [0.25, 0.3) is 0 Å². The summed E-state index contributed by atoms with van der Waals surface area (Å²) in [6.45, 7) is 1.38. The van der Waals surface area contributed by atoms with Crippen molar-refractivity contribution in [3.8, 4) is 0 Å². The molecule has 1 N–H and O–H groups in total. The van der Waals surface area contributed by atoms with Crippen molar-refractivity contribution in [2.45, 2.75) is 18.2 Å². The summed E-state index contributed by atoms with van der Waals surface area (Å²) in [5, 5.41) is 2.83. The molecule has 0 amide bonds. The lowest BCUT2D eigenvalue weighted by atomic mass is 10.0. The number of nitrogens with zero attached hydrogens (tertiary/aromatic N) is 1. The van der Waals surface area contributed by atoms with Crippen molar-refractivity contribution in [2.75, 3.05) is 32.2 Å². The average molecular weight is 311 g/mol. The molecule has 20 heavy (non-hydrogen) atoms. The van der Waals surface area contributed by atoms with E-state index in [0.29, 0.717) is 26.2 Å². The zero-order valence-electron chi connectivity index (χ0n) is 10.8. The van der Waals surface area contributed by atoms with E-state index in [1.54, 1.807) is 7.11 Å². The highest BCUT2D eigenvalue weighted by molar-refractivity contribution is 6.32. The molecule has 0 aliphatic carbocycles. The normalized spacial score (nSPS) is 23.1. The van der Waals surface area contributed by atoms with Crippen molar-refractivity contribution in [2.24, 2.45) is 0 Å². The number of aromatic nitrogens is 1. The first-order valence-corrected chi connectivity index (χ1v) is 6.34. The van der Waals surface area contributed by atoms with Crippen LogP contribution in [0.15, 0.2) is 12.3 Å². The Bertz CT molecular complexity index is 476. The lowest BCUT2D eigenvalue weighted by Crippen LogP contribution is -2.39. The molecular weight excluding hydrogens is 297 g/mol. The molecule has 112 valence electrons. The van der Waals surface area contributed by atoms with Crippen LogP contribution in [0.5, 0.6) is 0 Å². The maximum atomic E-state index is 12.5. The second-order valence-corrected chi connectivity index (χ2v) is 5.00. The van der Waals surface area contributed by atoms with E-state index in [9.17, 15) is 13.2 Å². The molecule has 0 aromatic carbocycles. The molecular formula is C12H14ClF3N2O2. The van der Waals surface area contributed by atoms with Gasteiger partial charge in [-0.15, -0.1) is 0 Å². The van der Waals surface area contributed by atoms with E-state index >= 15 is 0 Å². The first-order valence-electron chi connectivity index (χ1n) is 5.96. The van der Waals surface area contributed by atoms with Crippen molar-refractivity contribution in [3.05, 3.63) is 22.8 Å². The van der Waals surface area contributed by atoms with Crippen LogP contribution in [-0.2, 0) is 15.7 Å². The van der Waals surface area contributed by atoms with E-state index in [2.05, 4.69) is 10.3 Å². The number of halogens is 4. The van der Waals surface area contributed by atoms with E-state index in [0.717, 1.165) is 12.3 Å². The van der Waals surface area contributed by atoms with Gasteiger partial charge in [0, 0.05) is 32.9 Å². The van der Waals surface area contributed by atoms with Crippen molar-refractivity contribution >= 4 is 17.4 Å². The van der Waals surface area contributed by atoms with Crippen molar-refractivity contribution in [1.82, 2.24) is 4.98 Å². The van der Waals surface area contributed by atoms with Gasteiger partial charge in [0.2, 0.25) is 0 Å². The van der Waals surface area contributed by atoms with Gasteiger partial charge in [-0.1, -0.05) is 11.6 Å². The third-order valence-electron chi connectivity index (χ3n) is 3.25. The van der Waals surface area contributed by atoms with Crippen LogP contribution in [0, 0.1) is 0 Å². The molecule has 1 fully saturated rings. The van der Waals surface area contributed by atoms with Crippen LogP contribution in [0.4, 0.5) is 19.0 Å².